The zero-order chi connectivity index (χ0) is 12.3. The molecular weight excluding hydrogens is 287 g/mol. The number of rotatable bonds is 2. The zero-order valence-electron chi connectivity index (χ0n) is 9.53. The molecule has 94 valence electrons. The minimum atomic E-state index is -0.415. The van der Waals surface area contributed by atoms with Crippen molar-refractivity contribution < 1.29 is 14.2 Å². The first kappa shape index (κ1) is 12.8. The monoisotopic (exact) mass is 302 g/mol. The van der Waals surface area contributed by atoms with Crippen molar-refractivity contribution in [2.75, 3.05) is 0 Å². The van der Waals surface area contributed by atoms with Gasteiger partial charge in [-0.1, -0.05) is 12.8 Å². The molecule has 2 nitrogen and oxygen atoms in total. The quantitative estimate of drug-likeness (QED) is 0.845. The molecule has 1 fully saturated rings. The van der Waals surface area contributed by atoms with Crippen molar-refractivity contribution in [2.24, 2.45) is 0 Å². The summed E-state index contributed by atoms with van der Waals surface area (Å²) in [6.45, 7) is 0. The molecule has 0 bridgehead atoms. The number of aliphatic hydroxyl groups is 1. The van der Waals surface area contributed by atoms with E-state index in [2.05, 4.69) is 15.9 Å². The molecule has 0 amide bonds. The maximum absolute atomic E-state index is 13.1. The third-order valence-corrected chi connectivity index (χ3v) is 3.70. The van der Waals surface area contributed by atoms with Crippen LogP contribution in [-0.2, 0) is 0 Å². The van der Waals surface area contributed by atoms with Crippen molar-refractivity contribution in [1.82, 2.24) is 0 Å². The molecule has 0 spiro atoms. The van der Waals surface area contributed by atoms with E-state index in [1.165, 1.54) is 6.07 Å². The van der Waals surface area contributed by atoms with Crippen LogP contribution in [0.15, 0.2) is 22.7 Å². The Hall–Kier alpha value is -0.610. The van der Waals surface area contributed by atoms with E-state index in [1.807, 2.05) is 0 Å². The number of hydrogen-bond acceptors (Lipinski definition) is 2. The van der Waals surface area contributed by atoms with Gasteiger partial charge >= 0.3 is 0 Å². The van der Waals surface area contributed by atoms with E-state index in [1.54, 1.807) is 12.1 Å². The summed E-state index contributed by atoms with van der Waals surface area (Å²) in [6, 6.07) is 4.56. The highest BCUT2D eigenvalue weighted by Gasteiger charge is 2.23. The largest absolute Gasteiger partial charge is 0.488 e. The molecule has 4 heteroatoms. The summed E-state index contributed by atoms with van der Waals surface area (Å²) in [5.41, 5.74) is 0. The first-order chi connectivity index (χ1) is 8.16. The summed E-state index contributed by atoms with van der Waals surface area (Å²) in [5.74, 6) is 0.294. The molecule has 1 saturated carbocycles. The van der Waals surface area contributed by atoms with Gasteiger partial charge in [-0.05, 0) is 53.4 Å². The van der Waals surface area contributed by atoms with Crippen LogP contribution in [0.1, 0.15) is 32.1 Å². The predicted octanol–water partition coefficient (Wildman–Crippen LogP) is 3.66. The van der Waals surface area contributed by atoms with Gasteiger partial charge in [-0.15, -0.1) is 0 Å². The minimum Gasteiger partial charge on any atom is -0.488 e. The van der Waals surface area contributed by atoms with E-state index in [0.717, 1.165) is 32.1 Å². The fraction of sp³-hybridized carbons (Fsp3) is 0.538. The second-order valence-electron chi connectivity index (χ2n) is 4.44. The van der Waals surface area contributed by atoms with Crippen LogP contribution in [0.4, 0.5) is 4.39 Å². The molecule has 2 atom stereocenters. The van der Waals surface area contributed by atoms with Gasteiger partial charge in [0.05, 0.1) is 10.6 Å². The van der Waals surface area contributed by atoms with Gasteiger partial charge in [0.2, 0.25) is 0 Å². The second kappa shape index (κ2) is 5.83. The molecule has 1 aromatic carbocycles. The Labute approximate surface area is 109 Å². The smallest absolute Gasteiger partial charge is 0.137 e. The fourth-order valence-corrected chi connectivity index (χ4v) is 2.47. The van der Waals surface area contributed by atoms with E-state index in [9.17, 15) is 9.50 Å². The number of halogens is 2. The number of ether oxygens (including phenoxy) is 1. The van der Waals surface area contributed by atoms with E-state index >= 15 is 0 Å². The highest BCUT2D eigenvalue weighted by molar-refractivity contribution is 9.10. The zero-order valence-corrected chi connectivity index (χ0v) is 11.1. The van der Waals surface area contributed by atoms with Crippen LogP contribution < -0.4 is 4.74 Å². The van der Waals surface area contributed by atoms with Crippen LogP contribution in [0, 0.1) is 5.82 Å². The predicted molar refractivity (Wildman–Crippen MR) is 67.6 cm³/mol. The molecular formula is C13H16BrFO2. The van der Waals surface area contributed by atoms with Crippen molar-refractivity contribution in [1.29, 1.82) is 0 Å². The summed E-state index contributed by atoms with van der Waals surface area (Å²) in [6.07, 6.45) is 4.32. The highest BCUT2D eigenvalue weighted by Crippen LogP contribution is 2.26. The minimum absolute atomic E-state index is 0.171. The Kier molecular flexibility index (Phi) is 4.40. The second-order valence-corrected chi connectivity index (χ2v) is 5.29. The summed E-state index contributed by atoms with van der Waals surface area (Å²) in [5, 5.41) is 9.92. The number of benzene rings is 1. The molecule has 2 rings (SSSR count). The lowest BCUT2D eigenvalue weighted by molar-refractivity contribution is 0.0319. The standard InChI is InChI=1S/C13H16BrFO2/c14-10-8-9(6-7-11(10)15)17-13-5-3-1-2-4-12(13)16/h6-8,12-13,16H,1-5H2. The summed E-state index contributed by atoms with van der Waals surface area (Å²) in [4.78, 5) is 0. The van der Waals surface area contributed by atoms with Gasteiger partial charge < -0.3 is 9.84 Å². The van der Waals surface area contributed by atoms with Crippen LogP contribution in [0.25, 0.3) is 0 Å². The molecule has 0 radical (unpaired) electrons. The van der Waals surface area contributed by atoms with Crippen molar-refractivity contribution in [3.63, 3.8) is 0 Å². The van der Waals surface area contributed by atoms with Gasteiger partial charge in [0.15, 0.2) is 0 Å². The van der Waals surface area contributed by atoms with Crippen LogP contribution >= 0.6 is 15.9 Å². The van der Waals surface area contributed by atoms with Gasteiger partial charge in [-0.25, -0.2) is 4.39 Å². The lowest BCUT2D eigenvalue weighted by Gasteiger charge is -2.22. The van der Waals surface area contributed by atoms with Crippen LogP contribution in [0.5, 0.6) is 5.75 Å². The third kappa shape index (κ3) is 3.42. The van der Waals surface area contributed by atoms with Gasteiger partial charge in [-0.3, -0.25) is 0 Å². The van der Waals surface area contributed by atoms with Crippen molar-refractivity contribution >= 4 is 15.9 Å². The molecule has 1 aliphatic rings. The normalized spacial score (nSPS) is 25.4. The first-order valence-corrected chi connectivity index (χ1v) is 6.76. The Morgan fingerprint density at radius 3 is 2.76 bits per heavy atom. The molecule has 17 heavy (non-hydrogen) atoms. The van der Waals surface area contributed by atoms with Gasteiger partial charge in [-0.2, -0.15) is 0 Å². The van der Waals surface area contributed by atoms with Gasteiger partial charge in [0.25, 0.3) is 0 Å². The fourth-order valence-electron chi connectivity index (χ4n) is 2.12. The topological polar surface area (TPSA) is 29.5 Å². The summed E-state index contributed by atoms with van der Waals surface area (Å²) >= 11 is 3.12. The van der Waals surface area contributed by atoms with E-state index in [0.29, 0.717) is 10.2 Å². The highest BCUT2D eigenvalue weighted by atomic mass is 79.9. The summed E-state index contributed by atoms with van der Waals surface area (Å²) in [7, 11) is 0. The van der Waals surface area contributed by atoms with E-state index in [4.69, 9.17) is 4.74 Å². The van der Waals surface area contributed by atoms with Crippen LogP contribution in [0.2, 0.25) is 0 Å². The first-order valence-electron chi connectivity index (χ1n) is 5.96. The lowest BCUT2D eigenvalue weighted by atomic mass is 10.1. The maximum atomic E-state index is 13.1. The van der Waals surface area contributed by atoms with Crippen molar-refractivity contribution in [3.8, 4) is 5.75 Å². The lowest BCUT2D eigenvalue weighted by Crippen LogP contribution is -2.30. The van der Waals surface area contributed by atoms with Crippen LogP contribution in [-0.4, -0.2) is 17.3 Å². The Balaban J connectivity index is 2.05. The average molecular weight is 303 g/mol. The third-order valence-electron chi connectivity index (χ3n) is 3.10. The maximum Gasteiger partial charge on any atom is 0.137 e. The van der Waals surface area contributed by atoms with Crippen molar-refractivity contribution in [3.05, 3.63) is 28.5 Å². The molecule has 2 unspecified atom stereocenters. The van der Waals surface area contributed by atoms with Crippen molar-refractivity contribution in [2.45, 2.75) is 44.3 Å². The van der Waals surface area contributed by atoms with Gasteiger partial charge in [0, 0.05) is 0 Å². The van der Waals surface area contributed by atoms with Gasteiger partial charge in [0.1, 0.15) is 17.7 Å². The SMILES string of the molecule is OC1CCCCCC1Oc1ccc(F)c(Br)c1. The molecule has 0 aromatic heterocycles. The van der Waals surface area contributed by atoms with Crippen LogP contribution in [0.3, 0.4) is 0 Å². The Morgan fingerprint density at radius 2 is 2.00 bits per heavy atom. The Bertz CT molecular complexity index is 384. The molecule has 0 heterocycles. The van der Waals surface area contributed by atoms with E-state index in [-0.39, 0.29) is 11.9 Å². The summed E-state index contributed by atoms with van der Waals surface area (Å²) < 4.78 is 19.2. The molecule has 1 aromatic rings. The van der Waals surface area contributed by atoms with E-state index < -0.39 is 6.10 Å². The molecule has 1 N–H and O–H groups in total. The molecule has 1 aliphatic carbocycles. The Morgan fingerprint density at radius 1 is 1.24 bits per heavy atom. The molecule has 0 saturated heterocycles. The molecule has 0 aliphatic heterocycles. The number of aliphatic hydroxyl groups excluding tert-OH is 1. The number of hydrogen-bond donors (Lipinski definition) is 1. The average Bonchev–Trinajstić information content (AvgIpc) is 2.50.